The molecule has 3 rings (SSSR count). The zero-order chi connectivity index (χ0) is 12.7. The lowest BCUT2D eigenvalue weighted by Crippen LogP contribution is -2.08. The first-order valence-corrected chi connectivity index (χ1v) is 6.09. The number of hydrogen-bond donors (Lipinski definition) is 2. The Balaban J connectivity index is 2.16. The summed E-state index contributed by atoms with van der Waals surface area (Å²) in [5.41, 5.74) is 4.70. The van der Waals surface area contributed by atoms with Gasteiger partial charge in [-0.25, -0.2) is 15.6 Å². The molecule has 92 valence electrons. The summed E-state index contributed by atoms with van der Waals surface area (Å²) in [6.07, 6.45) is 0. The number of thiazole rings is 1. The van der Waals surface area contributed by atoms with Crippen LogP contribution in [0.5, 0.6) is 0 Å². The molecule has 6 nitrogen and oxygen atoms in total. The third-order valence-corrected chi connectivity index (χ3v) is 3.58. The van der Waals surface area contributed by atoms with Gasteiger partial charge in [0.25, 0.3) is 0 Å². The van der Waals surface area contributed by atoms with Gasteiger partial charge in [0, 0.05) is 18.0 Å². The van der Waals surface area contributed by atoms with E-state index in [9.17, 15) is 4.79 Å². The van der Waals surface area contributed by atoms with Gasteiger partial charge >= 0.3 is 5.76 Å². The van der Waals surface area contributed by atoms with Crippen LogP contribution in [-0.4, -0.2) is 9.55 Å². The van der Waals surface area contributed by atoms with E-state index in [-0.39, 0.29) is 5.76 Å². The van der Waals surface area contributed by atoms with Crippen molar-refractivity contribution in [3.63, 3.8) is 0 Å². The summed E-state index contributed by atoms with van der Waals surface area (Å²) in [5, 5.41) is 2.64. The lowest BCUT2D eigenvalue weighted by molar-refractivity contribution is 0.528. The molecule has 1 aromatic carbocycles. The van der Waals surface area contributed by atoms with Gasteiger partial charge in [-0.05, 0) is 18.2 Å². The van der Waals surface area contributed by atoms with E-state index in [0.717, 1.165) is 16.1 Å². The number of rotatable bonds is 2. The average molecular weight is 262 g/mol. The molecule has 0 atom stereocenters. The number of nitrogen functional groups attached to an aromatic ring is 1. The van der Waals surface area contributed by atoms with E-state index < -0.39 is 0 Å². The van der Waals surface area contributed by atoms with E-state index in [0.29, 0.717) is 11.4 Å². The molecule has 0 saturated carbocycles. The molecule has 0 saturated heterocycles. The molecule has 7 heteroatoms. The second-order valence-electron chi connectivity index (χ2n) is 3.79. The van der Waals surface area contributed by atoms with Crippen LogP contribution < -0.4 is 17.0 Å². The Bertz CT molecular complexity index is 771. The first-order valence-electron chi connectivity index (χ1n) is 5.21. The largest absolute Gasteiger partial charge is 0.419 e. The van der Waals surface area contributed by atoms with Crippen molar-refractivity contribution in [1.29, 1.82) is 0 Å². The molecule has 3 aromatic rings. The molecule has 0 bridgehead atoms. The monoisotopic (exact) mass is 262 g/mol. The summed E-state index contributed by atoms with van der Waals surface area (Å²) < 4.78 is 6.60. The van der Waals surface area contributed by atoms with Crippen molar-refractivity contribution in [2.24, 2.45) is 12.9 Å². The standard InChI is InChI=1S/C11H10N4O2S/c1-15-7-3-2-6(4-8(7)17-11(15)16)10-13-9(14-12)5-18-10/h2-5,14H,12H2,1H3. The van der Waals surface area contributed by atoms with Crippen LogP contribution in [0.2, 0.25) is 0 Å². The number of aromatic nitrogens is 2. The summed E-state index contributed by atoms with van der Waals surface area (Å²) in [6.45, 7) is 0. The second-order valence-corrected chi connectivity index (χ2v) is 4.65. The molecule has 18 heavy (non-hydrogen) atoms. The van der Waals surface area contributed by atoms with E-state index in [1.807, 2.05) is 17.5 Å². The van der Waals surface area contributed by atoms with Crippen molar-refractivity contribution in [1.82, 2.24) is 9.55 Å². The highest BCUT2D eigenvalue weighted by Crippen LogP contribution is 2.27. The molecule has 0 amide bonds. The van der Waals surface area contributed by atoms with Crippen molar-refractivity contribution in [2.75, 3.05) is 5.43 Å². The molecule has 0 unspecified atom stereocenters. The first kappa shape index (κ1) is 11.0. The fraction of sp³-hybridized carbons (Fsp3) is 0.0909. The van der Waals surface area contributed by atoms with E-state index in [4.69, 9.17) is 10.3 Å². The highest BCUT2D eigenvalue weighted by atomic mass is 32.1. The van der Waals surface area contributed by atoms with Gasteiger partial charge in [-0.15, -0.1) is 11.3 Å². The fourth-order valence-corrected chi connectivity index (χ4v) is 2.50. The maximum absolute atomic E-state index is 11.4. The molecule has 0 aliphatic rings. The molecular formula is C11H10N4O2S. The minimum absolute atomic E-state index is 0.370. The van der Waals surface area contributed by atoms with Crippen LogP contribution in [0.4, 0.5) is 5.82 Å². The van der Waals surface area contributed by atoms with Crippen molar-refractivity contribution >= 4 is 28.3 Å². The van der Waals surface area contributed by atoms with E-state index in [1.165, 1.54) is 15.9 Å². The number of anilines is 1. The lowest BCUT2D eigenvalue weighted by atomic mass is 10.2. The Labute approximate surface area is 106 Å². The van der Waals surface area contributed by atoms with Gasteiger partial charge in [-0.3, -0.25) is 4.57 Å². The summed E-state index contributed by atoms with van der Waals surface area (Å²) in [6, 6.07) is 5.54. The number of nitrogens with zero attached hydrogens (tertiary/aromatic N) is 2. The van der Waals surface area contributed by atoms with E-state index >= 15 is 0 Å². The minimum atomic E-state index is -0.370. The Hall–Kier alpha value is -2.12. The summed E-state index contributed by atoms with van der Waals surface area (Å²) >= 11 is 1.47. The van der Waals surface area contributed by atoms with Crippen molar-refractivity contribution in [3.05, 3.63) is 34.1 Å². The molecule has 0 spiro atoms. The highest BCUT2D eigenvalue weighted by Gasteiger charge is 2.09. The predicted octanol–water partition coefficient (Wildman–Crippen LogP) is 1.54. The van der Waals surface area contributed by atoms with E-state index in [1.54, 1.807) is 13.1 Å². The van der Waals surface area contributed by atoms with Crippen LogP contribution in [0.3, 0.4) is 0 Å². The lowest BCUT2D eigenvalue weighted by Gasteiger charge is -1.96. The van der Waals surface area contributed by atoms with Gasteiger partial charge in [-0.1, -0.05) is 0 Å². The number of aryl methyl sites for hydroxylation is 1. The molecule has 2 aromatic heterocycles. The number of hydrogen-bond acceptors (Lipinski definition) is 6. The van der Waals surface area contributed by atoms with Gasteiger partial charge in [0.15, 0.2) is 11.4 Å². The van der Waals surface area contributed by atoms with E-state index in [2.05, 4.69) is 10.4 Å². The van der Waals surface area contributed by atoms with Crippen LogP contribution >= 0.6 is 11.3 Å². The van der Waals surface area contributed by atoms with Crippen LogP contribution in [0.25, 0.3) is 21.7 Å². The van der Waals surface area contributed by atoms with Gasteiger partial charge in [-0.2, -0.15) is 0 Å². The smallest absolute Gasteiger partial charge is 0.408 e. The Morgan fingerprint density at radius 1 is 1.50 bits per heavy atom. The second kappa shape index (κ2) is 3.97. The maximum Gasteiger partial charge on any atom is 0.419 e. The van der Waals surface area contributed by atoms with Crippen LogP contribution in [0, 0.1) is 0 Å². The normalized spacial score (nSPS) is 11.0. The Morgan fingerprint density at radius 2 is 2.33 bits per heavy atom. The van der Waals surface area contributed by atoms with Gasteiger partial charge in [0.2, 0.25) is 0 Å². The number of nitrogens with one attached hydrogen (secondary N) is 1. The number of fused-ring (bicyclic) bond motifs is 1. The first-order chi connectivity index (χ1) is 8.69. The van der Waals surface area contributed by atoms with Gasteiger partial charge in [0.05, 0.1) is 5.52 Å². The van der Waals surface area contributed by atoms with Crippen LogP contribution in [0.15, 0.2) is 32.8 Å². The van der Waals surface area contributed by atoms with Crippen molar-refractivity contribution in [2.45, 2.75) is 0 Å². The molecule has 0 aliphatic heterocycles. The Morgan fingerprint density at radius 3 is 3.06 bits per heavy atom. The third kappa shape index (κ3) is 1.60. The summed E-state index contributed by atoms with van der Waals surface area (Å²) in [5.74, 6) is 5.53. The molecule has 3 N–H and O–H groups in total. The topological polar surface area (TPSA) is 86.1 Å². The molecule has 0 aliphatic carbocycles. The van der Waals surface area contributed by atoms with Crippen LogP contribution in [-0.2, 0) is 7.05 Å². The highest BCUT2D eigenvalue weighted by molar-refractivity contribution is 7.13. The fourth-order valence-electron chi connectivity index (χ4n) is 1.74. The quantitative estimate of drug-likeness (QED) is 0.540. The Kier molecular flexibility index (Phi) is 2.42. The van der Waals surface area contributed by atoms with Crippen molar-refractivity contribution in [3.8, 4) is 10.6 Å². The number of oxazole rings is 1. The predicted molar refractivity (Wildman–Crippen MR) is 70.4 cm³/mol. The van der Waals surface area contributed by atoms with Gasteiger partial charge < -0.3 is 9.84 Å². The number of benzene rings is 1. The zero-order valence-electron chi connectivity index (χ0n) is 9.51. The van der Waals surface area contributed by atoms with Crippen LogP contribution in [0.1, 0.15) is 0 Å². The summed E-state index contributed by atoms with van der Waals surface area (Å²) in [7, 11) is 1.67. The molecule has 0 fully saturated rings. The number of nitrogens with two attached hydrogens (primary N) is 1. The number of hydrazine groups is 1. The summed E-state index contributed by atoms with van der Waals surface area (Å²) in [4.78, 5) is 15.7. The molecule has 0 radical (unpaired) electrons. The maximum atomic E-state index is 11.4. The molecule has 2 heterocycles. The SMILES string of the molecule is Cn1c(=O)oc2cc(-c3nc(NN)cs3)ccc21. The van der Waals surface area contributed by atoms with Crippen molar-refractivity contribution < 1.29 is 4.42 Å². The molecular weight excluding hydrogens is 252 g/mol. The minimum Gasteiger partial charge on any atom is -0.408 e. The zero-order valence-corrected chi connectivity index (χ0v) is 10.3. The average Bonchev–Trinajstić information content (AvgIpc) is 2.95. The third-order valence-electron chi connectivity index (χ3n) is 2.69. The van der Waals surface area contributed by atoms with Gasteiger partial charge in [0.1, 0.15) is 5.01 Å².